The van der Waals surface area contributed by atoms with Crippen LogP contribution >= 0.6 is 0 Å². The summed E-state index contributed by atoms with van der Waals surface area (Å²) in [6.45, 7) is 9.69. The molecule has 3 unspecified atom stereocenters. The third-order valence-corrected chi connectivity index (χ3v) is 9.24. The van der Waals surface area contributed by atoms with Crippen molar-refractivity contribution in [1.82, 2.24) is 20.4 Å². The zero-order valence-electron chi connectivity index (χ0n) is 28.9. The van der Waals surface area contributed by atoms with Gasteiger partial charge in [-0.1, -0.05) is 19.9 Å². The van der Waals surface area contributed by atoms with Crippen molar-refractivity contribution in [2.45, 2.75) is 83.3 Å². The average molecular weight is 663 g/mol. The van der Waals surface area contributed by atoms with Crippen LogP contribution in [0.3, 0.4) is 0 Å². The molecule has 1 saturated carbocycles. The molecule has 1 aromatic rings. The van der Waals surface area contributed by atoms with Crippen LogP contribution in [0, 0.1) is 12.8 Å². The van der Waals surface area contributed by atoms with Gasteiger partial charge >= 0.3 is 6.09 Å². The Morgan fingerprint density at radius 1 is 1.15 bits per heavy atom. The number of amides is 3. The highest BCUT2D eigenvalue weighted by Gasteiger charge is 2.61. The molecule has 13 heteroatoms. The lowest BCUT2D eigenvalue weighted by Crippen LogP contribution is -2.69. The lowest BCUT2D eigenvalue weighted by molar-refractivity contribution is -0.141. The summed E-state index contributed by atoms with van der Waals surface area (Å²) < 4.78 is 11.6. The number of aromatic hydroxyl groups is 1. The molecule has 13 nitrogen and oxygen atoms in total. The highest BCUT2D eigenvalue weighted by atomic mass is 16.6. The lowest BCUT2D eigenvalue weighted by atomic mass is 9.54. The van der Waals surface area contributed by atoms with E-state index in [0.29, 0.717) is 30.1 Å². The Bertz CT molecular complexity index is 1270. The number of allylic oxidation sites excluding steroid dienone is 1. The summed E-state index contributed by atoms with van der Waals surface area (Å²) in [5.41, 5.74) is -0.488. The van der Waals surface area contributed by atoms with Gasteiger partial charge in [-0.25, -0.2) is 4.79 Å². The molecular formula is C34H54N4O9. The number of likely N-dealkylation sites (tertiary alicyclic amines) is 1. The van der Waals surface area contributed by atoms with Gasteiger partial charge < -0.3 is 45.1 Å². The number of likely N-dealkylation sites (N-methyl/N-ethyl adjacent to an activating group) is 1. The van der Waals surface area contributed by atoms with Gasteiger partial charge in [-0.15, -0.1) is 0 Å². The smallest absolute Gasteiger partial charge is 0.414 e. The number of aliphatic hydroxyl groups excluding tert-OH is 1. The zero-order valence-corrected chi connectivity index (χ0v) is 28.9. The van der Waals surface area contributed by atoms with Gasteiger partial charge in [-0.3, -0.25) is 14.5 Å². The molecule has 0 radical (unpaired) electrons. The number of aldehydes is 1. The number of hydrogen-bond acceptors (Lipinski definition) is 10. The summed E-state index contributed by atoms with van der Waals surface area (Å²) in [5, 5.41) is 35.3. The van der Waals surface area contributed by atoms with Crippen molar-refractivity contribution >= 4 is 24.2 Å². The second-order valence-electron chi connectivity index (χ2n) is 12.0. The number of nitrogens with one attached hydrogen (secondary N) is 2. The first kappa shape index (κ1) is 39.5. The number of nitrogens with zero attached hydrogens (tertiary/aromatic N) is 2. The van der Waals surface area contributed by atoms with Crippen LogP contribution in [0.25, 0.3) is 0 Å². The normalized spacial score (nSPS) is 23.3. The zero-order chi connectivity index (χ0) is 35.4. The molecule has 0 spiro atoms. The largest absolute Gasteiger partial charge is 0.504 e. The van der Waals surface area contributed by atoms with Gasteiger partial charge in [0, 0.05) is 63.7 Å². The fraction of sp³-hybridized carbons (Fsp3) is 0.647. The number of aryl methyl sites for hydroxylation is 1. The Morgan fingerprint density at radius 2 is 1.83 bits per heavy atom. The highest BCUT2D eigenvalue weighted by molar-refractivity contribution is 5.91. The van der Waals surface area contributed by atoms with Crippen molar-refractivity contribution in [1.29, 1.82) is 0 Å². The molecule has 1 saturated heterocycles. The van der Waals surface area contributed by atoms with Crippen molar-refractivity contribution in [3.63, 3.8) is 0 Å². The molecule has 264 valence electrons. The maximum absolute atomic E-state index is 13.1. The highest BCUT2D eigenvalue weighted by Crippen LogP contribution is 2.58. The van der Waals surface area contributed by atoms with E-state index in [4.69, 9.17) is 14.6 Å². The number of piperidine rings is 1. The molecule has 3 atom stereocenters. The van der Waals surface area contributed by atoms with Gasteiger partial charge in [0.25, 0.3) is 0 Å². The topological polar surface area (TPSA) is 178 Å². The van der Waals surface area contributed by atoms with Crippen molar-refractivity contribution in [2.75, 3.05) is 54.0 Å². The number of ether oxygens (including phenoxy) is 2. The number of carbonyl (C=O) groups excluding carboxylic acids is 4. The summed E-state index contributed by atoms with van der Waals surface area (Å²) in [5.74, 6) is 0.409. The summed E-state index contributed by atoms with van der Waals surface area (Å²) in [6.07, 6.45) is 4.82. The Balaban J connectivity index is 0.00000185. The average Bonchev–Trinajstić information content (AvgIpc) is 3.89. The molecule has 1 heterocycles. The van der Waals surface area contributed by atoms with E-state index in [-0.39, 0.29) is 50.7 Å². The van der Waals surface area contributed by atoms with Crippen LogP contribution < -0.4 is 15.4 Å². The molecule has 1 aromatic carbocycles. The fourth-order valence-corrected chi connectivity index (χ4v) is 6.59. The second kappa shape index (κ2) is 18.0. The van der Waals surface area contributed by atoms with Crippen molar-refractivity contribution < 1.29 is 44.0 Å². The maximum Gasteiger partial charge on any atom is 0.414 e. The van der Waals surface area contributed by atoms with E-state index in [9.17, 15) is 29.4 Å². The van der Waals surface area contributed by atoms with Gasteiger partial charge in [-0.2, -0.15) is 0 Å². The number of hydrogen-bond donors (Lipinski definition) is 5. The van der Waals surface area contributed by atoms with E-state index >= 15 is 0 Å². The predicted octanol–water partition coefficient (Wildman–Crippen LogP) is 2.38. The van der Waals surface area contributed by atoms with Crippen LogP contribution in [0.2, 0.25) is 0 Å². The quantitative estimate of drug-likeness (QED) is 0.165. The SMILES string of the molecule is CC.CO.COc1c(O)ccc(C)c1C12CCN(CC3CC3)C(C)C1(O)CC=C(OC(=O)N(C)CCNC(=O)CNC(=O)CC=O)C2. The molecular weight excluding hydrogens is 608 g/mol. The Labute approximate surface area is 278 Å². The van der Waals surface area contributed by atoms with Crippen molar-refractivity contribution in [2.24, 2.45) is 5.92 Å². The van der Waals surface area contributed by atoms with E-state index < -0.39 is 28.9 Å². The van der Waals surface area contributed by atoms with Crippen molar-refractivity contribution in [3.8, 4) is 11.5 Å². The summed E-state index contributed by atoms with van der Waals surface area (Å²) in [7, 11) is 4.06. The molecule has 47 heavy (non-hydrogen) atoms. The predicted molar refractivity (Wildman–Crippen MR) is 177 cm³/mol. The maximum atomic E-state index is 13.1. The molecule has 2 aliphatic carbocycles. The van der Waals surface area contributed by atoms with Crippen LogP contribution in [-0.2, 0) is 24.5 Å². The standard InChI is InChI=1S/C31H44N4O8.C2H6.CH4O/c1-20-5-8-24(37)28(42-4)27(20)30-12-14-35(19-22-6-7-22)21(2)31(30,41)11-9-23(17-30)43-29(40)34(3)15-13-32-26(39)18-33-25(38)10-16-36;2*1-2/h5,8-9,16,21-22,37,41H,6-7,10-15,17-19H2,1-4H3,(H,32,39)(H,33,38);1-2H3;2H,1H3. The van der Waals surface area contributed by atoms with Gasteiger partial charge in [0.2, 0.25) is 11.8 Å². The van der Waals surface area contributed by atoms with Crippen LogP contribution in [0.5, 0.6) is 11.5 Å². The first-order valence-corrected chi connectivity index (χ1v) is 16.3. The third kappa shape index (κ3) is 9.23. The molecule has 5 N–H and O–H groups in total. The minimum absolute atomic E-state index is 0.00827. The van der Waals surface area contributed by atoms with Crippen LogP contribution in [-0.4, -0.2) is 115 Å². The molecule has 0 bridgehead atoms. The first-order valence-electron chi connectivity index (χ1n) is 16.3. The van der Waals surface area contributed by atoms with Gasteiger partial charge in [-0.05, 0) is 63.3 Å². The fourth-order valence-electron chi connectivity index (χ4n) is 6.59. The Hall–Kier alpha value is -3.68. The number of phenolic OH excluding ortho intramolecular Hbond substituents is 1. The van der Waals surface area contributed by atoms with Crippen LogP contribution in [0.15, 0.2) is 24.0 Å². The van der Waals surface area contributed by atoms with E-state index in [2.05, 4.69) is 22.5 Å². The van der Waals surface area contributed by atoms with Crippen LogP contribution in [0.4, 0.5) is 4.79 Å². The number of rotatable bonds is 12. The molecule has 2 fully saturated rings. The summed E-state index contributed by atoms with van der Waals surface area (Å²) in [6, 6.07) is 3.23. The minimum atomic E-state index is -1.21. The number of fused-ring (bicyclic) bond motifs is 1. The van der Waals surface area contributed by atoms with Gasteiger partial charge in [0.15, 0.2) is 11.5 Å². The molecule has 4 rings (SSSR count). The first-order chi connectivity index (χ1) is 22.5. The van der Waals surface area contributed by atoms with Gasteiger partial charge in [0.05, 0.1) is 25.7 Å². The monoisotopic (exact) mass is 662 g/mol. The van der Waals surface area contributed by atoms with E-state index in [0.717, 1.165) is 31.3 Å². The molecule has 0 aromatic heterocycles. The third-order valence-electron chi connectivity index (χ3n) is 9.24. The molecule has 1 aliphatic heterocycles. The van der Waals surface area contributed by atoms with E-state index in [1.54, 1.807) is 19.2 Å². The minimum Gasteiger partial charge on any atom is -0.504 e. The molecule has 3 aliphatic rings. The molecule has 3 amide bonds. The van der Waals surface area contributed by atoms with E-state index in [1.165, 1.54) is 24.9 Å². The number of carbonyl (C=O) groups is 4. The Kier molecular flexibility index (Phi) is 15.1. The van der Waals surface area contributed by atoms with Crippen LogP contribution in [0.1, 0.15) is 70.4 Å². The Morgan fingerprint density at radius 3 is 2.45 bits per heavy atom. The van der Waals surface area contributed by atoms with Crippen molar-refractivity contribution in [3.05, 3.63) is 35.1 Å². The second-order valence-corrected chi connectivity index (χ2v) is 12.0. The van der Waals surface area contributed by atoms with E-state index in [1.807, 2.05) is 26.8 Å². The summed E-state index contributed by atoms with van der Waals surface area (Å²) in [4.78, 5) is 50.4. The number of aliphatic hydroxyl groups is 2. The number of benzene rings is 1. The van der Waals surface area contributed by atoms with Gasteiger partial charge in [0.1, 0.15) is 12.0 Å². The summed E-state index contributed by atoms with van der Waals surface area (Å²) >= 11 is 0. The lowest BCUT2D eigenvalue weighted by Gasteiger charge is -2.59. The number of methoxy groups -OCH3 is 1. The number of phenols is 1.